The smallest absolute Gasteiger partial charge is 0.264 e. The molecular weight excluding hydrogens is 626 g/mol. The summed E-state index contributed by atoms with van der Waals surface area (Å²) < 4.78 is 46.5. The van der Waals surface area contributed by atoms with Crippen molar-refractivity contribution in [2.75, 3.05) is 63.2 Å². The molecule has 1 amide bonds. The molecule has 2 fully saturated rings. The molecule has 250 valence electrons. The Bertz CT molecular complexity index is 1500. The summed E-state index contributed by atoms with van der Waals surface area (Å²) in [5.74, 6) is 0.713. The van der Waals surface area contributed by atoms with Crippen LogP contribution in [0.5, 0.6) is 5.75 Å². The predicted octanol–water partition coefficient (Wildman–Crippen LogP) is 5.21. The summed E-state index contributed by atoms with van der Waals surface area (Å²) in [4.78, 5) is 18.0. The first-order valence-electron chi connectivity index (χ1n) is 16.8. The maximum Gasteiger partial charge on any atom is 0.264 e. The van der Waals surface area contributed by atoms with E-state index in [1.165, 1.54) is 5.56 Å². The van der Waals surface area contributed by atoms with Crippen LogP contribution in [-0.4, -0.2) is 83.6 Å². The number of carbonyl (C=O) groups is 1. The molecule has 0 radical (unpaired) electrons. The van der Waals surface area contributed by atoms with Gasteiger partial charge in [0.15, 0.2) is 0 Å². The van der Waals surface area contributed by atoms with Gasteiger partial charge in [-0.1, -0.05) is 29.8 Å². The van der Waals surface area contributed by atoms with Crippen LogP contribution in [0.3, 0.4) is 0 Å². The number of morpholine rings is 1. The monoisotopic (exact) mass is 671 g/mol. The van der Waals surface area contributed by atoms with Gasteiger partial charge in [-0.2, -0.15) is 0 Å². The standard InChI is InChI=1S/C35H46ClN3O6S/c36-30-11-8-29-25-45-34-13-10-27-23-32(34)39(14-4-3-6-26(29)22-30)24-28-9-12-31(28)33(44-20-17-38-15-18-43-19-16-38)7-2-1-5-21-46(41,42)37-35(27)40/h2,7-8,10-11,13,22-23,28,31,33H,1,3-6,9,12,14-21,24-25H2,(H,37,40)/b7-2+/t28?,31-,33+/m0/s1. The molecule has 46 heavy (non-hydrogen) atoms. The van der Waals surface area contributed by atoms with Gasteiger partial charge in [-0.15, -0.1) is 0 Å². The number of hydrogen-bond donors (Lipinski definition) is 1. The van der Waals surface area contributed by atoms with Crippen molar-refractivity contribution in [3.63, 3.8) is 0 Å². The molecule has 1 saturated heterocycles. The van der Waals surface area contributed by atoms with Gasteiger partial charge in [-0.25, -0.2) is 13.1 Å². The molecule has 1 saturated carbocycles. The van der Waals surface area contributed by atoms with E-state index < -0.39 is 15.9 Å². The minimum absolute atomic E-state index is 0.0331. The van der Waals surface area contributed by atoms with Crippen LogP contribution in [-0.2, 0) is 32.5 Å². The second-order valence-corrected chi connectivity index (χ2v) is 15.2. The lowest BCUT2D eigenvalue weighted by atomic mass is 9.70. The molecule has 3 heterocycles. The molecule has 9 nitrogen and oxygen atoms in total. The van der Waals surface area contributed by atoms with E-state index in [2.05, 4.69) is 26.7 Å². The number of aryl methyl sites for hydroxylation is 1. The Balaban J connectivity index is 1.28. The van der Waals surface area contributed by atoms with Crippen molar-refractivity contribution in [1.82, 2.24) is 9.62 Å². The summed E-state index contributed by atoms with van der Waals surface area (Å²) in [7, 11) is -3.79. The van der Waals surface area contributed by atoms with Crippen molar-refractivity contribution < 1.29 is 27.4 Å². The molecule has 1 N–H and O–H groups in total. The Morgan fingerprint density at radius 3 is 2.70 bits per heavy atom. The van der Waals surface area contributed by atoms with E-state index in [1.54, 1.807) is 18.2 Å². The minimum atomic E-state index is -3.79. The predicted molar refractivity (Wildman–Crippen MR) is 180 cm³/mol. The highest BCUT2D eigenvalue weighted by atomic mass is 35.5. The Kier molecular flexibility index (Phi) is 11.2. The number of anilines is 1. The van der Waals surface area contributed by atoms with E-state index in [0.29, 0.717) is 49.2 Å². The van der Waals surface area contributed by atoms with Crippen molar-refractivity contribution in [3.8, 4) is 5.75 Å². The molecule has 2 aromatic carbocycles. The van der Waals surface area contributed by atoms with Crippen molar-refractivity contribution in [2.45, 2.75) is 57.7 Å². The van der Waals surface area contributed by atoms with Crippen LogP contribution in [0.1, 0.15) is 60.0 Å². The molecule has 11 heteroatoms. The van der Waals surface area contributed by atoms with Crippen LogP contribution in [0.15, 0.2) is 48.6 Å². The average molecular weight is 672 g/mol. The van der Waals surface area contributed by atoms with Crippen LogP contribution >= 0.6 is 11.6 Å². The maximum absolute atomic E-state index is 13.2. The van der Waals surface area contributed by atoms with Gasteiger partial charge >= 0.3 is 0 Å². The van der Waals surface area contributed by atoms with E-state index in [-0.39, 0.29) is 11.9 Å². The molecule has 4 aliphatic rings. The average Bonchev–Trinajstić information content (AvgIpc) is 3.05. The highest BCUT2D eigenvalue weighted by Gasteiger charge is 2.38. The molecule has 3 aliphatic heterocycles. The van der Waals surface area contributed by atoms with Gasteiger partial charge in [0, 0.05) is 43.3 Å². The van der Waals surface area contributed by atoms with Crippen LogP contribution in [0.4, 0.5) is 5.69 Å². The molecule has 0 spiro atoms. The van der Waals surface area contributed by atoms with E-state index in [4.69, 9.17) is 25.8 Å². The highest BCUT2D eigenvalue weighted by molar-refractivity contribution is 7.90. The van der Waals surface area contributed by atoms with Gasteiger partial charge in [0.1, 0.15) is 12.4 Å². The van der Waals surface area contributed by atoms with E-state index in [0.717, 1.165) is 94.3 Å². The van der Waals surface area contributed by atoms with E-state index in [1.807, 2.05) is 18.2 Å². The van der Waals surface area contributed by atoms with Gasteiger partial charge in [-0.05, 0) is 98.2 Å². The lowest BCUT2D eigenvalue weighted by molar-refractivity contribution is -0.0313. The number of amides is 1. The topological polar surface area (TPSA) is 97.4 Å². The SMILES string of the molecule is O=C1NS(=O)(=O)CCC/C=C/[C@@H](OCCN2CCOCC2)[C@H]2CCC2CN2CCCCc3cc(Cl)ccc3COc3ccc1cc32. The number of ether oxygens (including phenoxy) is 3. The first-order valence-corrected chi connectivity index (χ1v) is 18.8. The minimum Gasteiger partial charge on any atom is -0.487 e. The van der Waals surface area contributed by atoms with E-state index >= 15 is 0 Å². The number of hydrogen-bond acceptors (Lipinski definition) is 8. The third-order valence-electron chi connectivity index (χ3n) is 9.77. The number of rotatable bonds is 4. The fourth-order valence-corrected chi connectivity index (χ4v) is 8.20. The van der Waals surface area contributed by atoms with Gasteiger partial charge in [0.25, 0.3) is 5.91 Å². The second-order valence-electron chi connectivity index (χ2n) is 12.9. The molecule has 1 unspecified atom stereocenters. The normalized spacial score (nSPS) is 26.7. The number of carbonyl (C=O) groups excluding carboxylic acids is 1. The molecule has 6 rings (SSSR count). The summed E-state index contributed by atoms with van der Waals surface area (Å²) >= 11 is 6.35. The van der Waals surface area contributed by atoms with Gasteiger partial charge in [0.05, 0.1) is 37.4 Å². The molecule has 2 bridgehead atoms. The maximum atomic E-state index is 13.2. The zero-order valence-corrected chi connectivity index (χ0v) is 28.1. The highest BCUT2D eigenvalue weighted by Crippen LogP contribution is 2.42. The van der Waals surface area contributed by atoms with Crippen LogP contribution in [0, 0.1) is 11.8 Å². The Labute approximate surface area is 278 Å². The zero-order chi connectivity index (χ0) is 31.9. The van der Waals surface area contributed by atoms with Crippen molar-refractivity contribution >= 4 is 33.2 Å². The summed E-state index contributed by atoms with van der Waals surface area (Å²) in [5, 5.41) is 0.719. The van der Waals surface area contributed by atoms with Crippen molar-refractivity contribution in [2.24, 2.45) is 11.8 Å². The number of fused-ring (bicyclic) bond motifs is 3. The lowest BCUT2D eigenvalue weighted by Crippen LogP contribution is -2.45. The van der Waals surface area contributed by atoms with Gasteiger partial charge < -0.3 is 19.1 Å². The fourth-order valence-electron chi connectivity index (χ4n) is 6.95. The summed E-state index contributed by atoms with van der Waals surface area (Å²) in [6, 6.07) is 11.2. The molecule has 1 aliphatic carbocycles. The van der Waals surface area contributed by atoms with Crippen molar-refractivity contribution in [1.29, 1.82) is 0 Å². The van der Waals surface area contributed by atoms with Crippen LogP contribution in [0.25, 0.3) is 0 Å². The fraction of sp³-hybridized carbons (Fsp3) is 0.571. The lowest BCUT2D eigenvalue weighted by Gasteiger charge is -2.44. The Morgan fingerprint density at radius 2 is 1.87 bits per heavy atom. The number of allylic oxidation sites excluding steroid dienone is 1. The number of benzene rings is 2. The third kappa shape index (κ3) is 8.63. The summed E-state index contributed by atoms with van der Waals surface area (Å²) in [6.07, 6.45) is 10.2. The first kappa shape index (κ1) is 33.3. The number of nitrogens with one attached hydrogen (secondary N) is 1. The number of sulfonamides is 1. The zero-order valence-electron chi connectivity index (χ0n) is 26.5. The quantitative estimate of drug-likeness (QED) is 0.443. The Morgan fingerprint density at radius 1 is 1.00 bits per heavy atom. The molecule has 0 aromatic heterocycles. The molecule has 2 aromatic rings. The summed E-state index contributed by atoms with van der Waals surface area (Å²) in [6.45, 7) is 6.87. The molecular formula is C35H46ClN3O6S. The Hall–Kier alpha value is -2.63. The van der Waals surface area contributed by atoms with Crippen LogP contribution in [0.2, 0.25) is 5.02 Å². The van der Waals surface area contributed by atoms with Gasteiger partial charge in [0.2, 0.25) is 10.0 Å². The number of halogens is 1. The van der Waals surface area contributed by atoms with Crippen molar-refractivity contribution in [3.05, 3.63) is 70.3 Å². The van der Waals surface area contributed by atoms with E-state index in [9.17, 15) is 13.2 Å². The number of nitrogens with zero attached hydrogens (tertiary/aromatic N) is 2. The largest absolute Gasteiger partial charge is 0.487 e. The third-order valence-corrected chi connectivity index (χ3v) is 11.3. The second kappa shape index (κ2) is 15.5. The summed E-state index contributed by atoms with van der Waals surface area (Å²) in [5.41, 5.74) is 3.41. The van der Waals surface area contributed by atoms with Gasteiger partial charge in [-0.3, -0.25) is 9.69 Å². The van der Waals surface area contributed by atoms with Crippen LogP contribution < -0.4 is 14.4 Å². The molecule has 3 atom stereocenters. The first-order chi connectivity index (χ1) is 22.3.